The highest BCUT2D eigenvalue weighted by Gasteiger charge is 2.06. The van der Waals surface area contributed by atoms with Crippen LogP contribution in [0.2, 0.25) is 0 Å². The molecule has 0 N–H and O–H groups in total. The Labute approximate surface area is 104 Å². The summed E-state index contributed by atoms with van der Waals surface area (Å²) < 4.78 is 1.43. The third-order valence-electron chi connectivity index (χ3n) is 2.71. The molecule has 18 heavy (non-hydrogen) atoms. The Morgan fingerprint density at radius 3 is 2.78 bits per heavy atom. The smallest absolute Gasteiger partial charge is 0.200 e. The van der Waals surface area contributed by atoms with Crippen LogP contribution in [0.15, 0.2) is 42.5 Å². The number of anilines is 1. The summed E-state index contributed by atoms with van der Waals surface area (Å²) in [6, 6.07) is 14.0. The highest BCUT2D eigenvalue weighted by molar-refractivity contribution is 5.44. The van der Waals surface area contributed by atoms with Gasteiger partial charge < -0.3 is 4.90 Å². The maximum absolute atomic E-state index is 4.34. The van der Waals surface area contributed by atoms with Gasteiger partial charge in [0.15, 0.2) is 11.5 Å². The molecule has 0 spiro atoms. The summed E-state index contributed by atoms with van der Waals surface area (Å²) in [4.78, 5) is 2.05. The van der Waals surface area contributed by atoms with E-state index < -0.39 is 0 Å². The molecule has 0 aliphatic carbocycles. The maximum Gasteiger partial charge on any atom is 0.200 e. The summed E-state index contributed by atoms with van der Waals surface area (Å²) >= 11 is 0. The summed E-state index contributed by atoms with van der Waals surface area (Å²) in [5, 5.41) is 15.5. The SMILES string of the molecule is CN(Cc1ccccc1)c1ccc2nnnn2n1. The van der Waals surface area contributed by atoms with Gasteiger partial charge in [-0.15, -0.1) is 14.8 Å². The number of rotatable bonds is 3. The van der Waals surface area contributed by atoms with Crippen molar-refractivity contribution in [2.24, 2.45) is 0 Å². The van der Waals surface area contributed by atoms with Crippen LogP contribution in [0, 0.1) is 0 Å². The van der Waals surface area contributed by atoms with Gasteiger partial charge in [0.05, 0.1) is 0 Å². The largest absolute Gasteiger partial charge is 0.354 e. The Hall–Kier alpha value is -2.50. The Balaban J connectivity index is 1.85. The molecule has 0 saturated carbocycles. The van der Waals surface area contributed by atoms with Crippen molar-refractivity contribution in [3.05, 3.63) is 48.0 Å². The zero-order valence-electron chi connectivity index (χ0n) is 9.93. The average Bonchev–Trinajstić information content (AvgIpc) is 2.87. The summed E-state index contributed by atoms with van der Waals surface area (Å²) in [5.74, 6) is 0.832. The Morgan fingerprint density at radius 2 is 1.94 bits per heavy atom. The van der Waals surface area contributed by atoms with E-state index in [1.807, 2.05) is 37.4 Å². The first-order chi connectivity index (χ1) is 8.83. The minimum Gasteiger partial charge on any atom is -0.354 e. The molecule has 1 aromatic carbocycles. The van der Waals surface area contributed by atoms with Crippen LogP contribution in [0.3, 0.4) is 0 Å². The molecule has 3 aromatic rings. The van der Waals surface area contributed by atoms with Crippen molar-refractivity contribution in [1.29, 1.82) is 0 Å². The lowest BCUT2D eigenvalue weighted by Crippen LogP contribution is -2.18. The molecule has 0 aliphatic rings. The molecular formula is C12H12N6. The molecule has 0 atom stereocenters. The molecule has 0 unspecified atom stereocenters. The molecule has 3 rings (SSSR count). The van der Waals surface area contributed by atoms with E-state index in [9.17, 15) is 0 Å². The second-order valence-electron chi connectivity index (χ2n) is 4.06. The van der Waals surface area contributed by atoms with E-state index in [-0.39, 0.29) is 0 Å². The predicted molar refractivity (Wildman–Crippen MR) is 67.1 cm³/mol. The van der Waals surface area contributed by atoms with Gasteiger partial charge in [-0.3, -0.25) is 0 Å². The van der Waals surface area contributed by atoms with Gasteiger partial charge in [0.25, 0.3) is 0 Å². The average molecular weight is 240 g/mol. The molecule has 2 heterocycles. The number of hydrogen-bond acceptors (Lipinski definition) is 5. The highest BCUT2D eigenvalue weighted by atomic mass is 15.6. The van der Waals surface area contributed by atoms with Crippen LogP contribution < -0.4 is 4.90 Å². The van der Waals surface area contributed by atoms with Crippen molar-refractivity contribution in [3.8, 4) is 0 Å². The van der Waals surface area contributed by atoms with Crippen LogP contribution >= 0.6 is 0 Å². The van der Waals surface area contributed by atoms with Crippen LogP contribution in [0.1, 0.15) is 5.56 Å². The minimum atomic E-state index is 0.645. The maximum atomic E-state index is 4.34. The van der Waals surface area contributed by atoms with Gasteiger partial charge in [0.2, 0.25) is 0 Å². The van der Waals surface area contributed by atoms with Gasteiger partial charge in [0, 0.05) is 13.6 Å². The first kappa shape index (κ1) is 10.6. The predicted octanol–water partition coefficient (Wildman–Crippen LogP) is 1.16. The lowest BCUT2D eigenvalue weighted by Gasteiger charge is -2.17. The molecule has 0 aliphatic heterocycles. The van der Waals surface area contributed by atoms with E-state index in [0.29, 0.717) is 5.65 Å². The summed E-state index contributed by atoms with van der Waals surface area (Å²) in [5.41, 5.74) is 1.88. The quantitative estimate of drug-likeness (QED) is 0.687. The van der Waals surface area contributed by atoms with Crippen LogP contribution in [0.4, 0.5) is 5.82 Å². The number of aromatic nitrogens is 5. The van der Waals surface area contributed by atoms with Crippen molar-refractivity contribution in [1.82, 2.24) is 25.3 Å². The van der Waals surface area contributed by atoms with Gasteiger partial charge in [-0.2, -0.15) is 0 Å². The molecule has 6 heteroatoms. The van der Waals surface area contributed by atoms with Crippen molar-refractivity contribution in [2.45, 2.75) is 6.54 Å². The number of tetrazole rings is 1. The third kappa shape index (κ3) is 2.00. The van der Waals surface area contributed by atoms with Gasteiger partial charge >= 0.3 is 0 Å². The number of fused-ring (bicyclic) bond motifs is 1. The zero-order chi connectivity index (χ0) is 12.4. The van der Waals surface area contributed by atoms with Gasteiger partial charge in [0.1, 0.15) is 0 Å². The zero-order valence-corrected chi connectivity index (χ0v) is 9.93. The summed E-state index contributed by atoms with van der Waals surface area (Å²) in [6.07, 6.45) is 0. The molecule has 0 amide bonds. The Bertz CT molecular complexity index is 648. The van der Waals surface area contributed by atoms with E-state index in [0.717, 1.165) is 12.4 Å². The van der Waals surface area contributed by atoms with Crippen molar-refractivity contribution < 1.29 is 0 Å². The molecular weight excluding hydrogens is 228 g/mol. The first-order valence-electron chi connectivity index (χ1n) is 5.63. The number of hydrogen-bond donors (Lipinski definition) is 0. The minimum absolute atomic E-state index is 0.645. The van der Waals surface area contributed by atoms with E-state index in [2.05, 4.69) is 37.7 Å². The first-order valence-corrected chi connectivity index (χ1v) is 5.63. The van der Waals surface area contributed by atoms with Crippen LogP contribution in [-0.2, 0) is 6.54 Å². The fourth-order valence-electron chi connectivity index (χ4n) is 1.78. The van der Waals surface area contributed by atoms with E-state index in [1.54, 1.807) is 0 Å². The molecule has 0 saturated heterocycles. The van der Waals surface area contributed by atoms with Crippen molar-refractivity contribution in [2.75, 3.05) is 11.9 Å². The topological polar surface area (TPSA) is 59.2 Å². The molecule has 0 fully saturated rings. The van der Waals surface area contributed by atoms with Gasteiger partial charge in [-0.05, 0) is 28.1 Å². The Kier molecular flexibility index (Phi) is 2.60. The fourth-order valence-corrected chi connectivity index (χ4v) is 1.78. The van der Waals surface area contributed by atoms with E-state index >= 15 is 0 Å². The van der Waals surface area contributed by atoms with Crippen molar-refractivity contribution >= 4 is 11.5 Å². The normalized spacial score (nSPS) is 10.7. The number of benzene rings is 1. The molecule has 2 aromatic heterocycles. The van der Waals surface area contributed by atoms with Crippen molar-refractivity contribution in [3.63, 3.8) is 0 Å². The standard InChI is InChI=1S/C12H12N6/c1-17(9-10-5-3-2-4-6-10)12-8-7-11-13-15-16-18(11)14-12/h2-8H,9H2,1H3. The lowest BCUT2D eigenvalue weighted by molar-refractivity contribution is 0.720. The monoisotopic (exact) mass is 240 g/mol. The fraction of sp³-hybridized carbons (Fsp3) is 0.167. The van der Waals surface area contributed by atoms with Gasteiger partial charge in [-0.25, -0.2) is 0 Å². The molecule has 0 radical (unpaired) electrons. The summed E-state index contributed by atoms with van der Waals surface area (Å²) in [6.45, 7) is 0.793. The summed E-state index contributed by atoms with van der Waals surface area (Å²) in [7, 11) is 1.99. The highest BCUT2D eigenvalue weighted by Crippen LogP contribution is 2.12. The molecule has 6 nitrogen and oxygen atoms in total. The second-order valence-corrected chi connectivity index (χ2v) is 4.06. The van der Waals surface area contributed by atoms with E-state index in [1.165, 1.54) is 10.2 Å². The van der Waals surface area contributed by atoms with Crippen LogP contribution in [0.25, 0.3) is 5.65 Å². The lowest BCUT2D eigenvalue weighted by atomic mass is 10.2. The third-order valence-corrected chi connectivity index (χ3v) is 2.71. The van der Waals surface area contributed by atoms with Crippen LogP contribution in [0.5, 0.6) is 0 Å². The molecule has 0 bridgehead atoms. The number of nitrogens with zero attached hydrogens (tertiary/aromatic N) is 6. The second kappa shape index (κ2) is 4.40. The molecule has 90 valence electrons. The Morgan fingerprint density at radius 1 is 1.11 bits per heavy atom. The van der Waals surface area contributed by atoms with E-state index in [4.69, 9.17) is 0 Å². The van der Waals surface area contributed by atoms with Gasteiger partial charge in [-0.1, -0.05) is 30.3 Å². The van der Waals surface area contributed by atoms with Crippen LogP contribution in [-0.4, -0.2) is 32.3 Å².